The van der Waals surface area contributed by atoms with Gasteiger partial charge in [-0.15, -0.1) is 0 Å². The highest BCUT2D eigenvalue weighted by atomic mass is 16.5. The quantitative estimate of drug-likeness (QED) is 0.498. The summed E-state index contributed by atoms with van der Waals surface area (Å²) in [7, 11) is 0. The zero-order chi connectivity index (χ0) is 24.0. The van der Waals surface area contributed by atoms with E-state index < -0.39 is 30.1 Å². The Hall–Kier alpha value is -3.35. The van der Waals surface area contributed by atoms with Gasteiger partial charge < -0.3 is 20.5 Å². The molecule has 7 nitrogen and oxygen atoms in total. The first-order chi connectivity index (χ1) is 15.8. The van der Waals surface area contributed by atoms with E-state index in [4.69, 9.17) is 4.74 Å². The van der Waals surface area contributed by atoms with Crippen LogP contribution >= 0.6 is 0 Å². The summed E-state index contributed by atoms with van der Waals surface area (Å²) < 4.78 is 5.56. The lowest BCUT2D eigenvalue weighted by atomic mass is 9.98. The number of rotatable bonds is 10. The zero-order valence-corrected chi connectivity index (χ0v) is 19.3. The van der Waals surface area contributed by atoms with Gasteiger partial charge >= 0.3 is 12.1 Å². The third kappa shape index (κ3) is 5.92. The van der Waals surface area contributed by atoms with Gasteiger partial charge in [0.2, 0.25) is 5.91 Å². The molecular formula is C26H32N2O5. The SMILES string of the molecule is CCC[C@@H](NC(=O)C(CC(C)C)NC(=O)OCC1c2ccccc2-c2ccccc21)C(=O)O. The van der Waals surface area contributed by atoms with Crippen molar-refractivity contribution in [3.05, 3.63) is 59.7 Å². The Morgan fingerprint density at radius 1 is 0.939 bits per heavy atom. The van der Waals surface area contributed by atoms with Crippen LogP contribution in [0.2, 0.25) is 0 Å². The van der Waals surface area contributed by atoms with E-state index in [1.165, 1.54) is 0 Å². The normalized spacial score (nSPS) is 14.2. The summed E-state index contributed by atoms with van der Waals surface area (Å²) in [5.41, 5.74) is 4.48. The van der Waals surface area contributed by atoms with Crippen molar-refractivity contribution in [1.29, 1.82) is 0 Å². The molecule has 0 saturated carbocycles. The molecule has 0 aliphatic heterocycles. The van der Waals surface area contributed by atoms with Crippen LogP contribution in [0.4, 0.5) is 4.79 Å². The van der Waals surface area contributed by atoms with E-state index in [0.717, 1.165) is 22.3 Å². The lowest BCUT2D eigenvalue weighted by Crippen LogP contribution is -2.52. The maximum Gasteiger partial charge on any atom is 0.407 e. The number of carboxylic acid groups (broad SMARTS) is 1. The van der Waals surface area contributed by atoms with Gasteiger partial charge in [-0.05, 0) is 41.0 Å². The van der Waals surface area contributed by atoms with Gasteiger partial charge in [0, 0.05) is 5.92 Å². The van der Waals surface area contributed by atoms with Crippen molar-refractivity contribution in [2.75, 3.05) is 6.61 Å². The number of hydrogen-bond donors (Lipinski definition) is 3. The highest BCUT2D eigenvalue weighted by Gasteiger charge is 2.30. The van der Waals surface area contributed by atoms with Gasteiger partial charge in [0.05, 0.1) is 0 Å². The molecule has 2 atom stereocenters. The van der Waals surface area contributed by atoms with Crippen molar-refractivity contribution in [1.82, 2.24) is 10.6 Å². The second-order valence-electron chi connectivity index (χ2n) is 8.84. The Bertz CT molecular complexity index is 958. The van der Waals surface area contributed by atoms with E-state index in [1.807, 2.05) is 57.2 Å². The molecule has 7 heteroatoms. The largest absolute Gasteiger partial charge is 0.480 e. The van der Waals surface area contributed by atoms with Crippen LogP contribution in [0.25, 0.3) is 11.1 Å². The van der Waals surface area contributed by atoms with Gasteiger partial charge in [-0.25, -0.2) is 9.59 Å². The predicted octanol–water partition coefficient (Wildman–Crippen LogP) is 4.31. The van der Waals surface area contributed by atoms with E-state index >= 15 is 0 Å². The molecule has 0 spiro atoms. The number of carboxylic acids is 1. The molecule has 0 bridgehead atoms. The number of alkyl carbamates (subject to hydrolysis) is 1. The molecule has 0 heterocycles. The summed E-state index contributed by atoms with van der Waals surface area (Å²) in [6.45, 7) is 5.85. The fourth-order valence-electron chi connectivity index (χ4n) is 4.30. The fraction of sp³-hybridized carbons (Fsp3) is 0.423. The number of carbonyl (C=O) groups is 3. The van der Waals surface area contributed by atoms with Crippen LogP contribution in [0.5, 0.6) is 0 Å². The van der Waals surface area contributed by atoms with E-state index in [0.29, 0.717) is 19.3 Å². The van der Waals surface area contributed by atoms with E-state index in [-0.39, 0.29) is 18.4 Å². The van der Waals surface area contributed by atoms with Crippen LogP contribution in [0.3, 0.4) is 0 Å². The molecule has 0 aromatic heterocycles. The lowest BCUT2D eigenvalue weighted by Gasteiger charge is -2.23. The molecule has 2 aromatic carbocycles. The Labute approximate surface area is 194 Å². The second kappa shape index (κ2) is 11.0. The topological polar surface area (TPSA) is 105 Å². The molecule has 1 aliphatic carbocycles. The first-order valence-corrected chi connectivity index (χ1v) is 11.5. The Balaban J connectivity index is 1.66. The van der Waals surface area contributed by atoms with Crippen LogP contribution in [0.1, 0.15) is 57.1 Å². The molecule has 2 amide bonds. The minimum atomic E-state index is -1.09. The van der Waals surface area contributed by atoms with Gasteiger partial charge in [0.1, 0.15) is 18.7 Å². The van der Waals surface area contributed by atoms with Crippen LogP contribution in [-0.2, 0) is 14.3 Å². The number of hydrogen-bond acceptors (Lipinski definition) is 4. The van der Waals surface area contributed by atoms with Gasteiger partial charge in [-0.1, -0.05) is 75.7 Å². The first-order valence-electron chi connectivity index (χ1n) is 11.5. The molecule has 3 rings (SSSR count). The van der Waals surface area contributed by atoms with Gasteiger partial charge in [0.15, 0.2) is 0 Å². The predicted molar refractivity (Wildman–Crippen MR) is 126 cm³/mol. The summed E-state index contributed by atoms with van der Waals surface area (Å²) >= 11 is 0. The van der Waals surface area contributed by atoms with E-state index in [9.17, 15) is 19.5 Å². The van der Waals surface area contributed by atoms with Crippen molar-refractivity contribution in [2.24, 2.45) is 5.92 Å². The summed E-state index contributed by atoms with van der Waals surface area (Å²) in [6, 6.07) is 14.3. The summed E-state index contributed by atoms with van der Waals surface area (Å²) in [4.78, 5) is 36.8. The number of benzene rings is 2. The third-order valence-corrected chi connectivity index (χ3v) is 5.85. The van der Waals surface area contributed by atoms with Crippen molar-refractivity contribution < 1.29 is 24.2 Å². The van der Waals surface area contributed by atoms with Crippen LogP contribution in [0.15, 0.2) is 48.5 Å². The number of amides is 2. The summed E-state index contributed by atoms with van der Waals surface area (Å²) in [5.74, 6) is -1.57. The smallest absolute Gasteiger partial charge is 0.407 e. The Morgan fingerprint density at radius 2 is 1.52 bits per heavy atom. The lowest BCUT2D eigenvalue weighted by molar-refractivity contribution is -0.142. The highest BCUT2D eigenvalue weighted by Crippen LogP contribution is 2.44. The standard InChI is InChI=1S/C26H32N2O5/c1-4-9-22(25(30)31)27-24(29)23(14-16(2)3)28-26(32)33-15-21-19-12-7-5-10-17(19)18-11-6-8-13-20(18)21/h5-8,10-13,16,21-23H,4,9,14-15H2,1-3H3,(H,27,29)(H,28,32)(H,30,31)/t22-,23?/m1/s1. The van der Waals surface area contributed by atoms with Crippen LogP contribution in [-0.4, -0.2) is 41.8 Å². The van der Waals surface area contributed by atoms with Crippen molar-refractivity contribution >= 4 is 18.0 Å². The van der Waals surface area contributed by atoms with E-state index in [1.54, 1.807) is 0 Å². The van der Waals surface area contributed by atoms with E-state index in [2.05, 4.69) is 22.8 Å². The molecule has 3 N–H and O–H groups in total. The third-order valence-electron chi connectivity index (χ3n) is 5.85. The number of nitrogens with one attached hydrogen (secondary N) is 2. The number of aliphatic carboxylic acids is 1. The monoisotopic (exact) mass is 452 g/mol. The molecule has 0 radical (unpaired) electrons. The number of carbonyl (C=O) groups excluding carboxylic acids is 2. The molecular weight excluding hydrogens is 420 g/mol. The maximum absolute atomic E-state index is 12.7. The van der Waals surface area contributed by atoms with Gasteiger partial charge in [0.25, 0.3) is 0 Å². The molecule has 0 fully saturated rings. The minimum Gasteiger partial charge on any atom is -0.480 e. The minimum absolute atomic E-state index is 0.0820. The first kappa shape index (κ1) is 24.3. The average molecular weight is 453 g/mol. The Morgan fingerprint density at radius 3 is 2.03 bits per heavy atom. The van der Waals surface area contributed by atoms with Crippen molar-refractivity contribution in [2.45, 2.75) is 58.0 Å². The molecule has 0 saturated heterocycles. The highest BCUT2D eigenvalue weighted by molar-refractivity contribution is 5.89. The van der Waals surface area contributed by atoms with Crippen LogP contribution in [0, 0.1) is 5.92 Å². The molecule has 2 aromatic rings. The summed E-state index contributed by atoms with van der Waals surface area (Å²) in [6.07, 6.45) is 0.612. The zero-order valence-electron chi connectivity index (χ0n) is 19.3. The Kier molecular flexibility index (Phi) is 8.09. The van der Waals surface area contributed by atoms with Crippen molar-refractivity contribution in [3.8, 4) is 11.1 Å². The van der Waals surface area contributed by atoms with Crippen molar-refractivity contribution in [3.63, 3.8) is 0 Å². The molecule has 1 aliphatic rings. The summed E-state index contributed by atoms with van der Waals surface area (Å²) in [5, 5.41) is 14.5. The fourth-order valence-corrected chi connectivity index (χ4v) is 4.30. The van der Waals surface area contributed by atoms with Gasteiger partial charge in [-0.2, -0.15) is 0 Å². The number of fused-ring (bicyclic) bond motifs is 3. The second-order valence-corrected chi connectivity index (χ2v) is 8.84. The maximum atomic E-state index is 12.7. The molecule has 1 unspecified atom stereocenters. The van der Waals surface area contributed by atoms with Gasteiger partial charge in [-0.3, -0.25) is 4.79 Å². The molecule has 33 heavy (non-hydrogen) atoms. The number of ether oxygens (including phenoxy) is 1. The average Bonchev–Trinajstić information content (AvgIpc) is 3.10. The molecule has 176 valence electrons. The van der Waals surface area contributed by atoms with Crippen LogP contribution < -0.4 is 10.6 Å².